The smallest absolute Gasteiger partial charge is 0.303 e. The second-order valence-corrected chi connectivity index (χ2v) is 6.09. The molecule has 2 rings (SSSR count). The van der Waals surface area contributed by atoms with Gasteiger partial charge in [0.05, 0.1) is 0 Å². The van der Waals surface area contributed by atoms with Gasteiger partial charge in [-0.25, -0.2) is 0 Å². The second kappa shape index (κ2) is 10.0. The van der Waals surface area contributed by atoms with Crippen molar-refractivity contribution in [2.45, 2.75) is 26.4 Å². The van der Waals surface area contributed by atoms with Crippen LogP contribution < -0.4 is 9.47 Å². The Morgan fingerprint density at radius 2 is 1.96 bits per heavy atom. The number of aliphatic carboxylic acids is 1. The van der Waals surface area contributed by atoms with Gasteiger partial charge in [-0.1, -0.05) is 49.6 Å². The van der Waals surface area contributed by atoms with E-state index in [-0.39, 0.29) is 6.42 Å². The predicted octanol–water partition coefficient (Wildman–Crippen LogP) is 5.31. The molecule has 0 bridgehead atoms. The summed E-state index contributed by atoms with van der Waals surface area (Å²) in [6.45, 7) is 9.81. The molecule has 2 aromatic rings. The van der Waals surface area contributed by atoms with Crippen molar-refractivity contribution in [1.29, 1.82) is 0 Å². The molecule has 0 spiro atoms. The maximum absolute atomic E-state index is 10.8. The molecular weight excluding hydrogens is 340 g/mol. The van der Waals surface area contributed by atoms with Crippen LogP contribution in [0.1, 0.15) is 24.5 Å². The number of para-hydroxylation sites is 1. The Balaban J connectivity index is 2.07. The fourth-order valence-electron chi connectivity index (χ4n) is 2.45. The SMILES string of the molecule is C=C/C=C(/Oc1cccc(COc2ccccc2CCC(=O)O)c1)C(=C)C. The number of allylic oxidation sites excluding steroid dienone is 3. The molecule has 0 unspecified atom stereocenters. The largest absolute Gasteiger partial charge is 0.489 e. The van der Waals surface area contributed by atoms with Crippen molar-refractivity contribution in [3.63, 3.8) is 0 Å². The van der Waals surface area contributed by atoms with E-state index in [0.717, 1.165) is 16.7 Å². The number of hydrogen-bond acceptors (Lipinski definition) is 3. The van der Waals surface area contributed by atoms with Crippen molar-refractivity contribution in [2.24, 2.45) is 0 Å². The van der Waals surface area contributed by atoms with E-state index >= 15 is 0 Å². The number of aryl methyl sites for hydroxylation is 1. The Morgan fingerprint density at radius 1 is 1.19 bits per heavy atom. The lowest BCUT2D eigenvalue weighted by Gasteiger charge is -2.13. The van der Waals surface area contributed by atoms with Gasteiger partial charge in [0.15, 0.2) is 0 Å². The predicted molar refractivity (Wildman–Crippen MR) is 107 cm³/mol. The molecule has 0 radical (unpaired) electrons. The molecule has 140 valence electrons. The molecule has 4 heteroatoms. The second-order valence-electron chi connectivity index (χ2n) is 6.09. The van der Waals surface area contributed by atoms with E-state index in [0.29, 0.717) is 30.3 Å². The molecule has 27 heavy (non-hydrogen) atoms. The van der Waals surface area contributed by atoms with Crippen molar-refractivity contribution >= 4 is 5.97 Å². The lowest BCUT2D eigenvalue weighted by Crippen LogP contribution is -2.02. The summed E-state index contributed by atoms with van der Waals surface area (Å²) in [5.41, 5.74) is 2.63. The molecule has 0 amide bonds. The highest BCUT2D eigenvalue weighted by Crippen LogP contribution is 2.23. The van der Waals surface area contributed by atoms with Crippen LogP contribution in [0.15, 0.2) is 85.2 Å². The summed E-state index contributed by atoms with van der Waals surface area (Å²) >= 11 is 0. The van der Waals surface area contributed by atoms with Crippen LogP contribution in [0.5, 0.6) is 11.5 Å². The highest BCUT2D eigenvalue weighted by Gasteiger charge is 2.07. The van der Waals surface area contributed by atoms with E-state index in [4.69, 9.17) is 14.6 Å². The number of carboxylic acids is 1. The van der Waals surface area contributed by atoms with Crippen LogP contribution in [0, 0.1) is 0 Å². The quantitative estimate of drug-likeness (QED) is 0.459. The molecule has 1 N–H and O–H groups in total. The number of hydrogen-bond donors (Lipinski definition) is 1. The maximum atomic E-state index is 10.8. The Morgan fingerprint density at radius 3 is 2.67 bits per heavy atom. The minimum Gasteiger partial charge on any atom is -0.489 e. The summed E-state index contributed by atoms with van der Waals surface area (Å²) in [7, 11) is 0. The van der Waals surface area contributed by atoms with Gasteiger partial charge in [-0.05, 0) is 54.3 Å². The molecule has 0 aliphatic rings. The van der Waals surface area contributed by atoms with Crippen molar-refractivity contribution in [3.05, 3.63) is 96.3 Å². The van der Waals surface area contributed by atoms with Crippen LogP contribution in [0.3, 0.4) is 0 Å². The molecule has 0 fully saturated rings. The fourth-order valence-corrected chi connectivity index (χ4v) is 2.45. The Bertz CT molecular complexity index is 849. The zero-order valence-corrected chi connectivity index (χ0v) is 15.5. The number of ether oxygens (including phenoxy) is 2. The van der Waals surface area contributed by atoms with E-state index in [9.17, 15) is 4.79 Å². The van der Waals surface area contributed by atoms with Gasteiger partial charge < -0.3 is 14.6 Å². The van der Waals surface area contributed by atoms with E-state index in [1.807, 2.05) is 55.5 Å². The first-order valence-corrected chi connectivity index (χ1v) is 8.67. The van der Waals surface area contributed by atoms with Gasteiger partial charge >= 0.3 is 5.97 Å². The van der Waals surface area contributed by atoms with Crippen LogP contribution in [0.25, 0.3) is 0 Å². The van der Waals surface area contributed by atoms with Gasteiger partial charge in [0.2, 0.25) is 0 Å². The van der Waals surface area contributed by atoms with Crippen LogP contribution in [0.2, 0.25) is 0 Å². The molecule has 0 saturated heterocycles. The maximum Gasteiger partial charge on any atom is 0.303 e. The Hall–Kier alpha value is -3.27. The third-order valence-electron chi connectivity index (χ3n) is 3.79. The van der Waals surface area contributed by atoms with Crippen molar-refractivity contribution in [3.8, 4) is 11.5 Å². The fraction of sp³-hybridized carbons (Fsp3) is 0.174. The van der Waals surface area contributed by atoms with E-state index < -0.39 is 5.97 Å². The van der Waals surface area contributed by atoms with Gasteiger partial charge in [-0.2, -0.15) is 0 Å². The van der Waals surface area contributed by atoms with Gasteiger partial charge in [0.25, 0.3) is 0 Å². The first-order valence-electron chi connectivity index (χ1n) is 8.67. The van der Waals surface area contributed by atoms with Crippen LogP contribution in [-0.4, -0.2) is 11.1 Å². The Labute approximate surface area is 160 Å². The normalized spacial score (nSPS) is 10.9. The monoisotopic (exact) mass is 364 g/mol. The van der Waals surface area contributed by atoms with Crippen molar-refractivity contribution < 1.29 is 19.4 Å². The number of carboxylic acid groups (broad SMARTS) is 1. The first-order chi connectivity index (χ1) is 13.0. The summed E-state index contributed by atoms with van der Waals surface area (Å²) in [6, 6.07) is 15.1. The molecule has 2 aromatic carbocycles. The topological polar surface area (TPSA) is 55.8 Å². The standard InChI is InChI=1S/C23H24O4/c1-4-8-21(17(2)3)27-20-11-7-9-18(15-20)16-26-22-12-6-5-10-19(22)13-14-23(24)25/h4-12,15H,1-2,13-14,16H2,3H3,(H,24,25)/b21-8+. The van der Waals surface area contributed by atoms with Crippen LogP contribution >= 0.6 is 0 Å². The summed E-state index contributed by atoms with van der Waals surface area (Å²) in [5, 5.41) is 8.88. The lowest BCUT2D eigenvalue weighted by molar-refractivity contribution is -0.136. The third kappa shape index (κ3) is 6.51. The summed E-state index contributed by atoms with van der Waals surface area (Å²) in [6.07, 6.45) is 3.93. The molecule has 0 aliphatic carbocycles. The minimum atomic E-state index is -0.824. The first kappa shape index (κ1) is 20.0. The molecule has 0 aliphatic heterocycles. The van der Waals surface area contributed by atoms with Gasteiger partial charge in [0.1, 0.15) is 23.9 Å². The number of rotatable bonds is 10. The average molecular weight is 364 g/mol. The van der Waals surface area contributed by atoms with Crippen LogP contribution in [0.4, 0.5) is 0 Å². The van der Waals surface area contributed by atoms with Gasteiger partial charge in [0, 0.05) is 6.42 Å². The summed E-state index contributed by atoms with van der Waals surface area (Å²) < 4.78 is 11.8. The van der Waals surface area contributed by atoms with Gasteiger partial charge in [-0.3, -0.25) is 4.79 Å². The lowest BCUT2D eigenvalue weighted by atomic mass is 10.1. The summed E-state index contributed by atoms with van der Waals surface area (Å²) in [4.78, 5) is 10.8. The van der Waals surface area contributed by atoms with E-state index in [1.165, 1.54) is 0 Å². The van der Waals surface area contributed by atoms with Crippen LogP contribution in [-0.2, 0) is 17.8 Å². The number of benzene rings is 2. The highest BCUT2D eigenvalue weighted by atomic mass is 16.5. The molecule has 4 nitrogen and oxygen atoms in total. The molecule has 0 atom stereocenters. The number of carbonyl (C=O) groups is 1. The van der Waals surface area contributed by atoms with E-state index in [2.05, 4.69) is 13.2 Å². The highest BCUT2D eigenvalue weighted by molar-refractivity contribution is 5.67. The third-order valence-corrected chi connectivity index (χ3v) is 3.79. The zero-order valence-electron chi connectivity index (χ0n) is 15.5. The molecule has 0 heterocycles. The zero-order chi connectivity index (χ0) is 19.6. The average Bonchev–Trinajstić information content (AvgIpc) is 2.65. The Kier molecular flexibility index (Phi) is 7.44. The van der Waals surface area contributed by atoms with Crippen molar-refractivity contribution in [2.75, 3.05) is 0 Å². The molecule has 0 saturated carbocycles. The molecule has 0 aromatic heterocycles. The van der Waals surface area contributed by atoms with Gasteiger partial charge in [-0.15, -0.1) is 0 Å². The molecular formula is C23H24O4. The van der Waals surface area contributed by atoms with E-state index in [1.54, 1.807) is 12.2 Å². The minimum absolute atomic E-state index is 0.0724. The van der Waals surface area contributed by atoms with Crippen molar-refractivity contribution in [1.82, 2.24) is 0 Å². The summed E-state index contributed by atoms with van der Waals surface area (Å²) in [5.74, 6) is 1.21.